The van der Waals surface area contributed by atoms with Crippen molar-refractivity contribution in [2.24, 2.45) is 5.41 Å². The Labute approximate surface area is 228 Å². The maximum atomic E-state index is 13.7. The molecule has 1 unspecified atom stereocenters. The number of anilines is 2. The highest BCUT2D eigenvalue weighted by Crippen LogP contribution is 2.48. The standard InChI is InChI=1S/C27H27F2N9S/c1-15-24(39-14-34-15)23(20-12-38(37-36-20)27(5-6-27)25(28)29)35-18-7-16(9-30)21-19(8-18)22(17(10-31)11-32-21)33-13-26(2,3)4/h7-8,11-12,14,23,25,35H,5-6,13H2,1-4H3,(H,32,33). The first kappa shape index (κ1) is 26.4. The van der Waals surface area contributed by atoms with Crippen molar-refractivity contribution in [3.05, 3.63) is 57.4 Å². The number of fused-ring (bicyclic) bond motifs is 1. The van der Waals surface area contributed by atoms with Gasteiger partial charge in [0.2, 0.25) is 0 Å². The highest BCUT2D eigenvalue weighted by molar-refractivity contribution is 7.09. The topological polar surface area (TPSA) is 128 Å². The molecule has 3 aromatic heterocycles. The lowest BCUT2D eigenvalue weighted by atomic mass is 9.96. The van der Waals surface area contributed by atoms with Crippen LogP contribution in [0.2, 0.25) is 0 Å². The van der Waals surface area contributed by atoms with Crippen molar-refractivity contribution in [2.45, 2.75) is 58.5 Å². The van der Waals surface area contributed by atoms with Crippen LogP contribution in [0.3, 0.4) is 0 Å². The number of nitriles is 2. The number of thiazole rings is 1. The van der Waals surface area contributed by atoms with E-state index in [1.54, 1.807) is 17.8 Å². The Morgan fingerprint density at radius 1 is 1.15 bits per heavy atom. The molecule has 1 atom stereocenters. The lowest BCUT2D eigenvalue weighted by Crippen LogP contribution is -2.26. The summed E-state index contributed by atoms with van der Waals surface area (Å²) in [6.07, 6.45) is 1.19. The van der Waals surface area contributed by atoms with Gasteiger partial charge >= 0.3 is 0 Å². The first-order valence-electron chi connectivity index (χ1n) is 12.4. The van der Waals surface area contributed by atoms with E-state index in [4.69, 9.17) is 0 Å². The van der Waals surface area contributed by atoms with Crippen molar-refractivity contribution >= 4 is 33.6 Å². The summed E-state index contributed by atoms with van der Waals surface area (Å²) in [6.45, 7) is 8.71. The fraction of sp³-hybridized carbons (Fsp3) is 0.407. The normalized spacial score (nSPS) is 15.1. The monoisotopic (exact) mass is 547 g/mol. The molecule has 0 aliphatic heterocycles. The number of aromatic nitrogens is 5. The lowest BCUT2D eigenvalue weighted by Gasteiger charge is -2.22. The van der Waals surface area contributed by atoms with Gasteiger partial charge in [0.25, 0.3) is 6.43 Å². The molecule has 1 saturated carbocycles. The molecule has 1 aliphatic carbocycles. The molecule has 0 radical (unpaired) electrons. The van der Waals surface area contributed by atoms with Gasteiger partial charge in [-0.2, -0.15) is 10.5 Å². The smallest absolute Gasteiger partial charge is 0.263 e. The summed E-state index contributed by atoms with van der Waals surface area (Å²) < 4.78 is 28.8. The predicted molar refractivity (Wildman–Crippen MR) is 145 cm³/mol. The average molecular weight is 548 g/mol. The average Bonchev–Trinajstić information content (AvgIpc) is 3.37. The van der Waals surface area contributed by atoms with Crippen LogP contribution in [0.25, 0.3) is 10.9 Å². The third-order valence-corrected chi connectivity index (χ3v) is 7.79. The maximum Gasteiger partial charge on any atom is 0.263 e. The van der Waals surface area contributed by atoms with Gasteiger partial charge in [0.1, 0.15) is 29.4 Å². The third-order valence-electron chi connectivity index (χ3n) is 6.80. The molecule has 5 rings (SSSR count). The number of aryl methyl sites for hydroxylation is 1. The van der Waals surface area contributed by atoms with Crippen LogP contribution < -0.4 is 10.6 Å². The molecule has 0 spiro atoms. The molecule has 2 N–H and O–H groups in total. The van der Waals surface area contributed by atoms with Gasteiger partial charge in [-0.3, -0.25) is 4.98 Å². The summed E-state index contributed by atoms with van der Waals surface area (Å²) >= 11 is 1.41. The number of nitrogens with zero attached hydrogens (tertiary/aromatic N) is 7. The van der Waals surface area contributed by atoms with Crippen LogP contribution in [0.5, 0.6) is 0 Å². The number of halogens is 2. The van der Waals surface area contributed by atoms with Crippen LogP contribution in [-0.2, 0) is 5.54 Å². The largest absolute Gasteiger partial charge is 0.383 e. The van der Waals surface area contributed by atoms with Crippen molar-refractivity contribution in [1.82, 2.24) is 25.0 Å². The van der Waals surface area contributed by atoms with Gasteiger partial charge in [-0.05, 0) is 37.3 Å². The summed E-state index contributed by atoms with van der Waals surface area (Å²) in [4.78, 5) is 9.62. The van der Waals surface area contributed by atoms with E-state index in [9.17, 15) is 19.3 Å². The predicted octanol–water partition coefficient (Wildman–Crippen LogP) is 5.75. The highest BCUT2D eigenvalue weighted by Gasteiger charge is 2.54. The molecule has 0 saturated heterocycles. The summed E-state index contributed by atoms with van der Waals surface area (Å²) in [6, 6.07) is 7.37. The second-order valence-electron chi connectivity index (χ2n) is 11.0. The highest BCUT2D eigenvalue weighted by atomic mass is 32.1. The molecule has 1 aliphatic rings. The zero-order chi connectivity index (χ0) is 27.9. The van der Waals surface area contributed by atoms with E-state index in [0.717, 1.165) is 10.6 Å². The van der Waals surface area contributed by atoms with E-state index in [1.165, 1.54) is 22.2 Å². The van der Waals surface area contributed by atoms with Crippen LogP contribution in [-0.4, -0.2) is 37.9 Å². The van der Waals surface area contributed by atoms with Crippen molar-refractivity contribution in [3.63, 3.8) is 0 Å². The fourth-order valence-corrected chi connectivity index (χ4v) is 5.29. The number of hydrogen-bond acceptors (Lipinski definition) is 9. The van der Waals surface area contributed by atoms with Crippen molar-refractivity contribution in [2.75, 3.05) is 17.2 Å². The lowest BCUT2D eigenvalue weighted by molar-refractivity contribution is 0.0593. The first-order valence-corrected chi connectivity index (χ1v) is 13.3. The molecule has 39 heavy (non-hydrogen) atoms. The Kier molecular flexibility index (Phi) is 6.69. The minimum atomic E-state index is -2.54. The number of nitrogens with one attached hydrogen (secondary N) is 2. The molecule has 1 fully saturated rings. The molecule has 12 heteroatoms. The zero-order valence-electron chi connectivity index (χ0n) is 22.0. The van der Waals surface area contributed by atoms with Crippen molar-refractivity contribution in [3.8, 4) is 12.1 Å². The van der Waals surface area contributed by atoms with Gasteiger partial charge in [0, 0.05) is 23.8 Å². The number of alkyl halides is 2. The Morgan fingerprint density at radius 2 is 1.90 bits per heavy atom. The third kappa shape index (κ3) is 5.00. The van der Waals surface area contributed by atoms with Gasteiger partial charge in [-0.15, -0.1) is 16.4 Å². The van der Waals surface area contributed by atoms with E-state index in [-0.39, 0.29) is 5.41 Å². The fourth-order valence-electron chi connectivity index (χ4n) is 4.43. The van der Waals surface area contributed by atoms with Gasteiger partial charge in [-0.25, -0.2) is 18.4 Å². The summed E-state index contributed by atoms with van der Waals surface area (Å²) in [5, 5.41) is 35.5. The van der Waals surface area contributed by atoms with E-state index in [0.29, 0.717) is 58.5 Å². The molecule has 0 amide bonds. The maximum absolute atomic E-state index is 13.7. The minimum absolute atomic E-state index is 0.0615. The molecule has 200 valence electrons. The van der Waals surface area contributed by atoms with Gasteiger partial charge in [0.05, 0.1) is 44.6 Å². The van der Waals surface area contributed by atoms with E-state index in [1.807, 2.05) is 13.0 Å². The number of pyridine rings is 1. The number of rotatable bonds is 8. The Bertz CT molecular complexity index is 1620. The van der Waals surface area contributed by atoms with Crippen LogP contribution in [0.4, 0.5) is 20.2 Å². The van der Waals surface area contributed by atoms with Crippen LogP contribution in [0.1, 0.15) is 67.0 Å². The zero-order valence-corrected chi connectivity index (χ0v) is 22.8. The van der Waals surface area contributed by atoms with E-state index < -0.39 is 18.0 Å². The van der Waals surface area contributed by atoms with E-state index in [2.05, 4.69) is 63.8 Å². The number of hydrogen-bond donors (Lipinski definition) is 2. The Hall–Kier alpha value is -4.16. The summed E-state index contributed by atoms with van der Waals surface area (Å²) in [5.74, 6) is 0. The SMILES string of the molecule is Cc1ncsc1C(Nc1cc(C#N)c2ncc(C#N)c(NCC(C)(C)C)c2c1)c1cn(C2(C(F)F)CC2)nn1. The Balaban J connectivity index is 1.60. The van der Waals surface area contributed by atoms with Crippen LogP contribution in [0.15, 0.2) is 30.0 Å². The summed E-state index contributed by atoms with van der Waals surface area (Å²) in [7, 11) is 0. The van der Waals surface area contributed by atoms with Crippen LogP contribution >= 0.6 is 11.3 Å². The number of benzene rings is 1. The quantitative estimate of drug-likeness (QED) is 0.285. The summed E-state index contributed by atoms with van der Waals surface area (Å²) in [5.41, 5.74) is 3.93. The second-order valence-corrected chi connectivity index (χ2v) is 11.9. The molecule has 4 aromatic rings. The van der Waals surface area contributed by atoms with Gasteiger partial charge < -0.3 is 10.6 Å². The van der Waals surface area contributed by atoms with Crippen molar-refractivity contribution in [1.29, 1.82) is 10.5 Å². The molecule has 0 bridgehead atoms. The first-order chi connectivity index (χ1) is 18.6. The minimum Gasteiger partial charge on any atom is -0.383 e. The molecular weight excluding hydrogens is 520 g/mol. The molecule has 9 nitrogen and oxygen atoms in total. The van der Waals surface area contributed by atoms with E-state index >= 15 is 0 Å². The second kappa shape index (κ2) is 9.86. The Morgan fingerprint density at radius 3 is 2.49 bits per heavy atom. The molecule has 3 heterocycles. The van der Waals surface area contributed by atoms with Gasteiger partial charge in [0.15, 0.2) is 0 Å². The molecule has 1 aromatic carbocycles. The van der Waals surface area contributed by atoms with Crippen LogP contribution in [0, 0.1) is 35.0 Å². The van der Waals surface area contributed by atoms with Gasteiger partial charge in [-0.1, -0.05) is 26.0 Å². The molecular formula is C27H27F2N9S. The van der Waals surface area contributed by atoms with Crippen molar-refractivity contribution < 1.29 is 8.78 Å².